The zero-order valence-electron chi connectivity index (χ0n) is 10.4. The molecule has 0 aliphatic carbocycles. The molecule has 2 rings (SSSR count). The van der Waals surface area contributed by atoms with Crippen LogP contribution >= 0.6 is 0 Å². The van der Waals surface area contributed by atoms with E-state index in [1.165, 1.54) is 5.56 Å². The zero-order valence-corrected chi connectivity index (χ0v) is 10.4. The monoisotopic (exact) mass is 235 g/mol. The lowest BCUT2D eigenvalue weighted by molar-refractivity contribution is 0.0119. The Balaban J connectivity index is 1.82. The van der Waals surface area contributed by atoms with Crippen molar-refractivity contribution in [2.24, 2.45) is 0 Å². The van der Waals surface area contributed by atoms with Crippen molar-refractivity contribution >= 4 is 0 Å². The molecular weight excluding hydrogens is 214 g/mol. The standard InChI is InChI=1S/C14H21NO2/c1-16-9-10-17-14-7-8-15-13(14)11-12-5-3-2-4-6-12/h2-6,13-15H,7-11H2,1H3/t13-,14-/m1/s1. The SMILES string of the molecule is COCCO[C@@H]1CCN[C@@H]1Cc1ccccc1. The molecule has 94 valence electrons. The first-order valence-corrected chi connectivity index (χ1v) is 6.28. The van der Waals surface area contributed by atoms with Crippen LogP contribution in [0.25, 0.3) is 0 Å². The van der Waals surface area contributed by atoms with Crippen molar-refractivity contribution in [2.75, 3.05) is 26.9 Å². The van der Waals surface area contributed by atoms with Crippen LogP contribution in [0.15, 0.2) is 30.3 Å². The third-order valence-electron chi connectivity index (χ3n) is 3.20. The predicted octanol–water partition coefficient (Wildman–Crippen LogP) is 1.62. The van der Waals surface area contributed by atoms with E-state index in [9.17, 15) is 0 Å². The molecule has 1 saturated heterocycles. The fourth-order valence-corrected chi connectivity index (χ4v) is 2.30. The lowest BCUT2D eigenvalue weighted by atomic mass is 10.0. The number of ether oxygens (including phenoxy) is 2. The van der Waals surface area contributed by atoms with E-state index in [1.54, 1.807) is 7.11 Å². The molecule has 1 heterocycles. The fraction of sp³-hybridized carbons (Fsp3) is 0.571. The molecule has 1 aliphatic rings. The third-order valence-corrected chi connectivity index (χ3v) is 3.20. The number of methoxy groups -OCH3 is 1. The molecule has 1 aliphatic heterocycles. The molecule has 0 spiro atoms. The first-order valence-electron chi connectivity index (χ1n) is 6.28. The van der Waals surface area contributed by atoms with Crippen LogP contribution in [-0.4, -0.2) is 39.0 Å². The summed E-state index contributed by atoms with van der Waals surface area (Å²) in [5, 5.41) is 3.52. The smallest absolute Gasteiger partial charge is 0.0744 e. The second-order valence-corrected chi connectivity index (χ2v) is 4.44. The molecule has 0 amide bonds. The maximum absolute atomic E-state index is 5.84. The van der Waals surface area contributed by atoms with Crippen LogP contribution in [0.3, 0.4) is 0 Å². The van der Waals surface area contributed by atoms with Crippen molar-refractivity contribution in [3.63, 3.8) is 0 Å². The van der Waals surface area contributed by atoms with Gasteiger partial charge in [0.05, 0.1) is 19.3 Å². The van der Waals surface area contributed by atoms with Crippen LogP contribution in [0.4, 0.5) is 0 Å². The van der Waals surface area contributed by atoms with Gasteiger partial charge in [-0.2, -0.15) is 0 Å². The van der Waals surface area contributed by atoms with Gasteiger partial charge in [0.2, 0.25) is 0 Å². The summed E-state index contributed by atoms with van der Waals surface area (Å²) >= 11 is 0. The molecule has 2 atom stereocenters. The van der Waals surface area contributed by atoms with Crippen molar-refractivity contribution in [2.45, 2.75) is 25.0 Å². The van der Waals surface area contributed by atoms with E-state index in [0.717, 1.165) is 19.4 Å². The van der Waals surface area contributed by atoms with E-state index in [2.05, 4.69) is 35.6 Å². The maximum atomic E-state index is 5.84. The minimum atomic E-state index is 0.324. The minimum Gasteiger partial charge on any atom is -0.382 e. The Bertz CT molecular complexity index is 315. The van der Waals surface area contributed by atoms with Crippen LogP contribution in [0.1, 0.15) is 12.0 Å². The Kier molecular flexibility index (Phi) is 4.98. The Morgan fingerprint density at radius 3 is 2.82 bits per heavy atom. The van der Waals surface area contributed by atoms with Gasteiger partial charge in [-0.05, 0) is 24.9 Å². The Labute approximate surface area is 103 Å². The van der Waals surface area contributed by atoms with Crippen LogP contribution < -0.4 is 5.32 Å². The summed E-state index contributed by atoms with van der Waals surface area (Å²) < 4.78 is 10.9. The van der Waals surface area contributed by atoms with E-state index in [-0.39, 0.29) is 0 Å². The highest BCUT2D eigenvalue weighted by atomic mass is 16.5. The highest BCUT2D eigenvalue weighted by Crippen LogP contribution is 2.16. The van der Waals surface area contributed by atoms with Crippen LogP contribution in [-0.2, 0) is 15.9 Å². The number of rotatable bonds is 6. The molecule has 1 aromatic carbocycles. The second-order valence-electron chi connectivity index (χ2n) is 4.44. The molecule has 1 aromatic rings. The van der Waals surface area contributed by atoms with E-state index in [1.807, 2.05) is 0 Å². The van der Waals surface area contributed by atoms with Gasteiger partial charge in [-0.15, -0.1) is 0 Å². The largest absolute Gasteiger partial charge is 0.382 e. The normalized spacial score (nSPS) is 24.1. The molecule has 3 heteroatoms. The van der Waals surface area contributed by atoms with Crippen molar-refractivity contribution < 1.29 is 9.47 Å². The highest BCUT2D eigenvalue weighted by Gasteiger charge is 2.27. The van der Waals surface area contributed by atoms with Crippen molar-refractivity contribution in [3.8, 4) is 0 Å². The average Bonchev–Trinajstić information content (AvgIpc) is 2.79. The highest BCUT2D eigenvalue weighted by molar-refractivity contribution is 5.16. The van der Waals surface area contributed by atoms with Crippen LogP contribution in [0, 0.1) is 0 Å². The lowest BCUT2D eigenvalue weighted by Gasteiger charge is -2.20. The Morgan fingerprint density at radius 1 is 1.24 bits per heavy atom. The summed E-state index contributed by atoms with van der Waals surface area (Å²) in [4.78, 5) is 0. The summed E-state index contributed by atoms with van der Waals surface area (Å²) in [5.74, 6) is 0. The molecule has 0 aromatic heterocycles. The van der Waals surface area contributed by atoms with Gasteiger partial charge in [-0.25, -0.2) is 0 Å². The van der Waals surface area contributed by atoms with Crippen molar-refractivity contribution in [3.05, 3.63) is 35.9 Å². The quantitative estimate of drug-likeness (QED) is 0.760. The van der Waals surface area contributed by atoms with Gasteiger partial charge < -0.3 is 14.8 Å². The van der Waals surface area contributed by atoms with Crippen LogP contribution in [0.2, 0.25) is 0 Å². The van der Waals surface area contributed by atoms with E-state index in [4.69, 9.17) is 9.47 Å². The summed E-state index contributed by atoms with van der Waals surface area (Å²) in [6.45, 7) is 2.41. The Morgan fingerprint density at radius 2 is 2.06 bits per heavy atom. The molecule has 0 radical (unpaired) electrons. The number of hydrogen-bond acceptors (Lipinski definition) is 3. The molecule has 0 saturated carbocycles. The molecule has 0 bridgehead atoms. The zero-order chi connectivity index (χ0) is 11.9. The molecule has 0 unspecified atom stereocenters. The summed E-state index contributed by atoms with van der Waals surface area (Å²) in [6.07, 6.45) is 2.46. The van der Waals surface area contributed by atoms with E-state index >= 15 is 0 Å². The lowest BCUT2D eigenvalue weighted by Crippen LogP contribution is -2.34. The fourth-order valence-electron chi connectivity index (χ4n) is 2.30. The molecular formula is C14H21NO2. The van der Waals surface area contributed by atoms with E-state index in [0.29, 0.717) is 25.4 Å². The van der Waals surface area contributed by atoms with Gasteiger partial charge in [0.25, 0.3) is 0 Å². The summed E-state index contributed by atoms with van der Waals surface area (Å²) in [6, 6.07) is 11.0. The van der Waals surface area contributed by atoms with Gasteiger partial charge in [-0.1, -0.05) is 30.3 Å². The molecule has 1 N–H and O–H groups in total. The van der Waals surface area contributed by atoms with Crippen molar-refractivity contribution in [1.29, 1.82) is 0 Å². The second kappa shape index (κ2) is 6.74. The number of hydrogen-bond donors (Lipinski definition) is 1. The molecule has 1 fully saturated rings. The first-order chi connectivity index (χ1) is 8.40. The third kappa shape index (κ3) is 3.80. The van der Waals surface area contributed by atoms with Gasteiger partial charge >= 0.3 is 0 Å². The molecule has 17 heavy (non-hydrogen) atoms. The molecule has 3 nitrogen and oxygen atoms in total. The van der Waals surface area contributed by atoms with Crippen molar-refractivity contribution in [1.82, 2.24) is 5.32 Å². The van der Waals surface area contributed by atoms with Gasteiger partial charge in [-0.3, -0.25) is 0 Å². The number of nitrogens with one attached hydrogen (secondary N) is 1. The predicted molar refractivity (Wildman–Crippen MR) is 68.2 cm³/mol. The minimum absolute atomic E-state index is 0.324. The topological polar surface area (TPSA) is 30.5 Å². The average molecular weight is 235 g/mol. The maximum Gasteiger partial charge on any atom is 0.0744 e. The number of benzene rings is 1. The summed E-state index contributed by atoms with van der Waals surface area (Å²) in [7, 11) is 1.71. The summed E-state index contributed by atoms with van der Waals surface area (Å²) in [5.41, 5.74) is 1.37. The van der Waals surface area contributed by atoms with Gasteiger partial charge in [0.15, 0.2) is 0 Å². The van der Waals surface area contributed by atoms with E-state index < -0.39 is 0 Å². The Hall–Kier alpha value is -0.900. The van der Waals surface area contributed by atoms with Crippen LogP contribution in [0.5, 0.6) is 0 Å². The van der Waals surface area contributed by atoms with Gasteiger partial charge in [0, 0.05) is 13.2 Å². The first kappa shape index (κ1) is 12.6. The van der Waals surface area contributed by atoms with Gasteiger partial charge in [0.1, 0.15) is 0 Å².